The average Bonchev–Trinajstić information content (AvgIpc) is 2.24. The zero-order chi connectivity index (χ0) is 12.0. The zero-order valence-electron chi connectivity index (χ0n) is 9.03. The topological polar surface area (TPSA) is 49.3 Å². The molecule has 1 aromatic rings. The van der Waals surface area contributed by atoms with Gasteiger partial charge in [0.25, 0.3) is 5.91 Å². The normalized spacial score (nSPS) is 10.6. The van der Waals surface area contributed by atoms with E-state index in [-0.39, 0.29) is 11.3 Å². The number of nitrogens with one attached hydrogen (secondary N) is 1. The number of phenols is 1. The molecule has 16 heavy (non-hydrogen) atoms. The number of benzene rings is 1. The van der Waals surface area contributed by atoms with E-state index in [2.05, 4.69) is 5.32 Å². The Balaban J connectivity index is 2.59. The van der Waals surface area contributed by atoms with Gasteiger partial charge in [-0.2, -0.15) is 0 Å². The average molecular weight is 223 g/mol. The number of hydrogen-bond donors (Lipinski definition) is 2. The summed E-state index contributed by atoms with van der Waals surface area (Å²) in [6.45, 7) is 2.38. The molecule has 0 aliphatic rings. The standard InChI is InChI=1S/C12H14FNO2/c1-2-3-4-7-14-12(16)10-6-5-9(13)8-11(10)15/h2-3,5-6,8,15H,4,7H2,1H3,(H,14,16)/b3-2+. The van der Waals surface area contributed by atoms with Gasteiger partial charge in [-0.05, 0) is 25.5 Å². The van der Waals surface area contributed by atoms with Gasteiger partial charge in [0.15, 0.2) is 0 Å². The molecule has 1 rings (SSSR count). The lowest BCUT2D eigenvalue weighted by molar-refractivity contribution is 0.0951. The molecule has 0 aliphatic carbocycles. The quantitative estimate of drug-likeness (QED) is 0.607. The minimum Gasteiger partial charge on any atom is -0.507 e. The Labute approximate surface area is 93.6 Å². The fourth-order valence-electron chi connectivity index (χ4n) is 1.23. The summed E-state index contributed by atoms with van der Waals surface area (Å²) in [5.74, 6) is -1.31. The van der Waals surface area contributed by atoms with Gasteiger partial charge in [0.2, 0.25) is 0 Å². The van der Waals surface area contributed by atoms with E-state index in [4.69, 9.17) is 0 Å². The van der Waals surface area contributed by atoms with Crippen molar-refractivity contribution in [1.82, 2.24) is 5.32 Å². The number of carbonyl (C=O) groups excluding carboxylic acids is 1. The maximum absolute atomic E-state index is 12.7. The van der Waals surface area contributed by atoms with Gasteiger partial charge in [-0.25, -0.2) is 4.39 Å². The molecule has 0 heterocycles. The highest BCUT2D eigenvalue weighted by Gasteiger charge is 2.10. The predicted octanol–water partition coefficient (Wildman–Crippen LogP) is 2.23. The summed E-state index contributed by atoms with van der Waals surface area (Å²) in [4.78, 5) is 11.5. The molecule has 0 saturated heterocycles. The van der Waals surface area contributed by atoms with Gasteiger partial charge < -0.3 is 10.4 Å². The Bertz CT molecular complexity index is 402. The van der Waals surface area contributed by atoms with E-state index in [0.29, 0.717) is 6.54 Å². The third-order valence-corrected chi connectivity index (χ3v) is 2.04. The summed E-state index contributed by atoms with van der Waals surface area (Å²) >= 11 is 0. The van der Waals surface area contributed by atoms with E-state index in [0.717, 1.165) is 18.6 Å². The van der Waals surface area contributed by atoms with Crippen molar-refractivity contribution in [2.45, 2.75) is 13.3 Å². The molecule has 0 radical (unpaired) electrons. The Hall–Kier alpha value is -1.84. The van der Waals surface area contributed by atoms with Gasteiger partial charge in [-0.1, -0.05) is 12.2 Å². The molecule has 0 unspecified atom stereocenters. The van der Waals surface area contributed by atoms with Crippen molar-refractivity contribution in [3.8, 4) is 5.75 Å². The molecule has 0 saturated carbocycles. The smallest absolute Gasteiger partial charge is 0.255 e. The summed E-state index contributed by atoms with van der Waals surface area (Å²) in [6, 6.07) is 3.32. The number of aromatic hydroxyl groups is 1. The first kappa shape index (κ1) is 12.2. The molecule has 0 fully saturated rings. The third kappa shape index (κ3) is 3.38. The largest absolute Gasteiger partial charge is 0.507 e. The van der Waals surface area contributed by atoms with Crippen LogP contribution in [0.5, 0.6) is 5.75 Å². The highest BCUT2D eigenvalue weighted by Crippen LogP contribution is 2.17. The molecule has 4 heteroatoms. The van der Waals surface area contributed by atoms with Crippen LogP contribution in [0.25, 0.3) is 0 Å². The van der Waals surface area contributed by atoms with E-state index < -0.39 is 11.7 Å². The second kappa shape index (κ2) is 5.90. The lowest BCUT2D eigenvalue weighted by atomic mass is 10.2. The summed E-state index contributed by atoms with van der Waals surface area (Å²) in [5.41, 5.74) is 0.0851. The maximum Gasteiger partial charge on any atom is 0.255 e. The molecule has 1 aromatic carbocycles. The highest BCUT2D eigenvalue weighted by molar-refractivity contribution is 5.96. The molecular weight excluding hydrogens is 209 g/mol. The van der Waals surface area contributed by atoms with E-state index in [9.17, 15) is 14.3 Å². The third-order valence-electron chi connectivity index (χ3n) is 2.04. The molecule has 0 bridgehead atoms. The molecule has 2 N–H and O–H groups in total. The van der Waals surface area contributed by atoms with Gasteiger partial charge >= 0.3 is 0 Å². The molecule has 0 aliphatic heterocycles. The first-order valence-electron chi connectivity index (χ1n) is 5.03. The van der Waals surface area contributed by atoms with Gasteiger partial charge in [0.1, 0.15) is 11.6 Å². The van der Waals surface area contributed by atoms with Crippen LogP contribution in [0.3, 0.4) is 0 Å². The van der Waals surface area contributed by atoms with E-state index in [1.165, 1.54) is 6.07 Å². The summed E-state index contributed by atoms with van der Waals surface area (Å²) < 4.78 is 12.7. The van der Waals surface area contributed by atoms with Gasteiger partial charge in [-0.3, -0.25) is 4.79 Å². The van der Waals surface area contributed by atoms with Crippen molar-refractivity contribution < 1.29 is 14.3 Å². The Morgan fingerprint density at radius 1 is 1.56 bits per heavy atom. The van der Waals surface area contributed by atoms with Crippen LogP contribution in [0.2, 0.25) is 0 Å². The van der Waals surface area contributed by atoms with Crippen LogP contribution >= 0.6 is 0 Å². The second-order valence-electron chi connectivity index (χ2n) is 3.28. The maximum atomic E-state index is 12.7. The van der Waals surface area contributed by atoms with Crippen LogP contribution in [0.4, 0.5) is 4.39 Å². The van der Waals surface area contributed by atoms with Crippen LogP contribution in [0.15, 0.2) is 30.4 Å². The molecule has 86 valence electrons. The number of rotatable bonds is 4. The van der Waals surface area contributed by atoms with Crippen molar-refractivity contribution in [2.24, 2.45) is 0 Å². The van der Waals surface area contributed by atoms with E-state index in [1.807, 2.05) is 19.1 Å². The Morgan fingerprint density at radius 3 is 2.94 bits per heavy atom. The predicted molar refractivity (Wildman–Crippen MR) is 59.8 cm³/mol. The van der Waals surface area contributed by atoms with Crippen molar-refractivity contribution in [1.29, 1.82) is 0 Å². The number of carbonyl (C=O) groups is 1. The lowest BCUT2D eigenvalue weighted by Gasteiger charge is -2.05. The van der Waals surface area contributed by atoms with Gasteiger partial charge in [0.05, 0.1) is 5.56 Å². The van der Waals surface area contributed by atoms with Crippen molar-refractivity contribution in [3.63, 3.8) is 0 Å². The van der Waals surface area contributed by atoms with Gasteiger partial charge in [0, 0.05) is 12.6 Å². The first-order chi connectivity index (χ1) is 7.65. The summed E-state index contributed by atoms with van der Waals surface area (Å²) in [7, 11) is 0. The number of halogens is 1. The summed E-state index contributed by atoms with van der Waals surface area (Å²) in [6.07, 6.45) is 4.54. The van der Waals surface area contributed by atoms with Crippen LogP contribution in [0, 0.1) is 5.82 Å². The van der Waals surface area contributed by atoms with Gasteiger partial charge in [-0.15, -0.1) is 0 Å². The number of phenolic OH excluding ortho intramolecular Hbond substituents is 1. The first-order valence-corrected chi connectivity index (χ1v) is 5.03. The SMILES string of the molecule is C/C=C/CCNC(=O)c1ccc(F)cc1O. The number of allylic oxidation sites excluding steroid dienone is 1. The fraction of sp³-hybridized carbons (Fsp3) is 0.250. The minimum absolute atomic E-state index is 0.0851. The summed E-state index contributed by atoms with van der Waals surface area (Å²) in [5, 5.41) is 12.0. The molecular formula is C12H14FNO2. The van der Waals surface area contributed by atoms with Crippen molar-refractivity contribution >= 4 is 5.91 Å². The molecule has 0 spiro atoms. The molecule has 3 nitrogen and oxygen atoms in total. The molecule has 0 atom stereocenters. The zero-order valence-corrected chi connectivity index (χ0v) is 9.03. The number of hydrogen-bond acceptors (Lipinski definition) is 2. The Kier molecular flexibility index (Phi) is 4.51. The van der Waals surface area contributed by atoms with Crippen molar-refractivity contribution in [3.05, 3.63) is 41.7 Å². The minimum atomic E-state index is -0.567. The fourth-order valence-corrected chi connectivity index (χ4v) is 1.23. The van der Waals surface area contributed by atoms with E-state index in [1.54, 1.807) is 0 Å². The van der Waals surface area contributed by atoms with Crippen molar-refractivity contribution in [2.75, 3.05) is 6.54 Å². The number of amides is 1. The van der Waals surface area contributed by atoms with E-state index >= 15 is 0 Å². The monoisotopic (exact) mass is 223 g/mol. The van der Waals surface area contributed by atoms with Crippen LogP contribution in [-0.4, -0.2) is 17.6 Å². The molecule has 1 amide bonds. The Morgan fingerprint density at radius 2 is 2.31 bits per heavy atom. The lowest BCUT2D eigenvalue weighted by Crippen LogP contribution is -2.24. The molecule has 0 aromatic heterocycles. The van der Waals surface area contributed by atoms with Crippen LogP contribution in [-0.2, 0) is 0 Å². The van der Waals surface area contributed by atoms with Crippen LogP contribution in [0.1, 0.15) is 23.7 Å². The highest BCUT2D eigenvalue weighted by atomic mass is 19.1. The second-order valence-corrected chi connectivity index (χ2v) is 3.28. The van der Waals surface area contributed by atoms with Crippen LogP contribution < -0.4 is 5.32 Å².